The lowest BCUT2D eigenvalue weighted by Crippen LogP contribution is -2.38. The number of rotatable bonds is 2. The van der Waals surface area contributed by atoms with Gasteiger partial charge in [-0.15, -0.1) is 0 Å². The Hall–Kier alpha value is -3.15. The molecule has 0 saturated heterocycles. The normalized spacial score (nSPS) is 16.7. The summed E-state index contributed by atoms with van der Waals surface area (Å²) in [6.45, 7) is 0. The van der Waals surface area contributed by atoms with E-state index in [2.05, 4.69) is 15.3 Å². The fourth-order valence-electron chi connectivity index (χ4n) is 2.55. The van der Waals surface area contributed by atoms with E-state index in [1.54, 1.807) is 0 Å². The van der Waals surface area contributed by atoms with Gasteiger partial charge in [0.25, 0.3) is 11.9 Å². The van der Waals surface area contributed by atoms with Crippen LogP contribution < -0.4 is 11.1 Å². The van der Waals surface area contributed by atoms with Crippen LogP contribution >= 0.6 is 0 Å². The minimum Gasteiger partial charge on any atom is -0.468 e. The lowest BCUT2D eigenvalue weighted by Gasteiger charge is -2.24. The molecule has 0 atom stereocenters. The Labute approximate surface area is 133 Å². The van der Waals surface area contributed by atoms with E-state index in [4.69, 9.17) is 10.5 Å². The molecule has 1 amide bonds. The summed E-state index contributed by atoms with van der Waals surface area (Å²) < 4.78 is 4.82. The van der Waals surface area contributed by atoms with E-state index in [9.17, 15) is 4.79 Å². The highest BCUT2D eigenvalue weighted by molar-refractivity contribution is 6.11. The quantitative estimate of drug-likeness (QED) is 0.649. The predicted octanol–water partition coefficient (Wildman–Crippen LogP) is 1.38. The van der Waals surface area contributed by atoms with Gasteiger partial charge in [0.1, 0.15) is 0 Å². The first-order chi connectivity index (χ1) is 11.2. The van der Waals surface area contributed by atoms with E-state index >= 15 is 0 Å². The van der Waals surface area contributed by atoms with Gasteiger partial charge >= 0.3 is 0 Å². The number of carbonyl (C=O) groups is 1. The third kappa shape index (κ3) is 2.55. The maximum absolute atomic E-state index is 12.8. The van der Waals surface area contributed by atoms with Gasteiger partial charge in [0.05, 0.1) is 7.11 Å². The number of hydrogen-bond acceptors (Lipinski definition) is 4. The van der Waals surface area contributed by atoms with Crippen molar-refractivity contribution in [2.24, 2.45) is 15.7 Å². The van der Waals surface area contributed by atoms with Crippen LogP contribution in [0.25, 0.3) is 0 Å². The Bertz CT molecular complexity index is 730. The molecule has 0 bridgehead atoms. The summed E-state index contributed by atoms with van der Waals surface area (Å²) in [7, 11) is 1.40. The average Bonchev–Trinajstić information content (AvgIpc) is 2.93. The number of guanidine groups is 1. The van der Waals surface area contributed by atoms with Crippen molar-refractivity contribution in [3.63, 3.8) is 0 Å². The van der Waals surface area contributed by atoms with Crippen LogP contribution in [-0.4, -0.2) is 25.0 Å². The summed E-state index contributed by atoms with van der Waals surface area (Å²) in [5, 5.41) is 2.67. The molecule has 0 aromatic heterocycles. The fourth-order valence-corrected chi connectivity index (χ4v) is 2.55. The molecule has 2 aromatic rings. The number of benzene rings is 2. The van der Waals surface area contributed by atoms with Crippen LogP contribution in [-0.2, 0) is 15.1 Å². The monoisotopic (exact) mass is 308 g/mol. The molecule has 1 aliphatic rings. The highest BCUT2D eigenvalue weighted by Crippen LogP contribution is 2.36. The highest BCUT2D eigenvalue weighted by Gasteiger charge is 2.47. The molecule has 0 spiro atoms. The zero-order chi connectivity index (χ0) is 16.3. The molecule has 6 nitrogen and oxygen atoms in total. The van der Waals surface area contributed by atoms with Crippen molar-refractivity contribution in [1.29, 1.82) is 0 Å². The summed E-state index contributed by atoms with van der Waals surface area (Å²) >= 11 is 0. The molecule has 6 heteroatoms. The number of amidine groups is 1. The number of methoxy groups -OCH3 is 1. The summed E-state index contributed by atoms with van der Waals surface area (Å²) in [6, 6.07) is 18.6. The van der Waals surface area contributed by atoms with E-state index in [1.807, 2.05) is 60.7 Å². The Morgan fingerprint density at radius 1 is 1.09 bits per heavy atom. The number of nitrogens with one attached hydrogen (secondary N) is 1. The van der Waals surface area contributed by atoms with E-state index in [1.165, 1.54) is 7.11 Å². The number of hydrogen-bond donors (Lipinski definition) is 2. The predicted molar refractivity (Wildman–Crippen MR) is 87.9 cm³/mol. The molecule has 0 aliphatic carbocycles. The highest BCUT2D eigenvalue weighted by atomic mass is 16.5. The van der Waals surface area contributed by atoms with Crippen LogP contribution in [0.3, 0.4) is 0 Å². The van der Waals surface area contributed by atoms with Gasteiger partial charge in [-0.25, -0.2) is 4.99 Å². The standard InChI is InChI=1S/C17H16N4O2/c1-23-15(18)20-16-19-14(22)17(21-16,12-8-4-2-5-9-12)13-10-6-3-7-11-13/h2-11H,1H3,(H3,18,19,20,21,22). The third-order valence-electron chi connectivity index (χ3n) is 3.64. The van der Waals surface area contributed by atoms with Crippen molar-refractivity contribution < 1.29 is 9.53 Å². The zero-order valence-corrected chi connectivity index (χ0v) is 12.6. The molecule has 0 radical (unpaired) electrons. The summed E-state index contributed by atoms with van der Waals surface area (Å²) in [5.41, 5.74) is 5.88. The largest absolute Gasteiger partial charge is 0.468 e. The lowest BCUT2D eigenvalue weighted by molar-refractivity contribution is -0.122. The maximum atomic E-state index is 12.8. The van der Waals surface area contributed by atoms with Gasteiger partial charge in [-0.05, 0) is 11.1 Å². The van der Waals surface area contributed by atoms with Crippen molar-refractivity contribution in [3.05, 3.63) is 71.8 Å². The SMILES string of the molecule is COC(N)=NC1=NC(c2ccccc2)(c2ccccc2)C(=O)N1. The van der Waals surface area contributed by atoms with Gasteiger partial charge in [0.2, 0.25) is 5.96 Å². The molecule has 0 fully saturated rings. The molecule has 1 aliphatic heterocycles. The van der Waals surface area contributed by atoms with Gasteiger partial charge in [-0.1, -0.05) is 60.7 Å². The minimum atomic E-state index is -1.19. The Balaban J connectivity index is 2.20. The molecular formula is C17H16N4O2. The Morgan fingerprint density at radius 2 is 1.61 bits per heavy atom. The van der Waals surface area contributed by atoms with Crippen LogP contribution in [0.2, 0.25) is 0 Å². The second kappa shape index (κ2) is 5.92. The first-order valence-corrected chi connectivity index (χ1v) is 7.07. The number of aliphatic imine (C=N–C) groups is 2. The lowest BCUT2D eigenvalue weighted by atomic mass is 9.83. The van der Waals surface area contributed by atoms with Crippen molar-refractivity contribution in [2.45, 2.75) is 5.54 Å². The van der Waals surface area contributed by atoms with Gasteiger partial charge in [-0.3, -0.25) is 10.1 Å². The van der Waals surface area contributed by atoms with E-state index in [-0.39, 0.29) is 17.9 Å². The van der Waals surface area contributed by atoms with Crippen molar-refractivity contribution in [3.8, 4) is 0 Å². The first kappa shape index (κ1) is 14.8. The smallest absolute Gasteiger partial charge is 0.289 e. The van der Waals surface area contributed by atoms with Gasteiger partial charge in [-0.2, -0.15) is 4.99 Å². The van der Waals surface area contributed by atoms with E-state index in [0.29, 0.717) is 0 Å². The van der Waals surface area contributed by atoms with Crippen LogP contribution in [0.5, 0.6) is 0 Å². The molecule has 0 unspecified atom stereocenters. The van der Waals surface area contributed by atoms with Crippen molar-refractivity contribution >= 4 is 17.9 Å². The van der Waals surface area contributed by atoms with E-state index in [0.717, 1.165) is 11.1 Å². The first-order valence-electron chi connectivity index (χ1n) is 7.07. The Morgan fingerprint density at radius 3 is 2.09 bits per heavy atom. The number of nitrogens with zero attached hydrogens (tertiary/aromatic N) is 2. The summed E-state index contributed by atoms with van der Waals surface area (Å²) in [5.74, 6) is -0.153. The molecule has 23 heavy (non-hydrogen) atoms. The molecular weight excluding hydrogens is 292 g/mol. The molecule has 116 valence electrons. The second-order valence-electron chi connectivity index (χ2n) is 4.99. The molecule has 0 saturated carbocycles. The molecule has 1 heterocycles. The second-order valence-corrected chi connectivity index (χ2v) is 4.99. The van der Waals surface area contributed by atoms with Crippen LogP contribution in [0, 0.1) is 0 Å². The number of nitrogens with two attached hydrogens (primary N) is 1. The number of ether oxygens (including phenoxy) is 1. The molecule has 3 rings (SSSR count). The fraction of sp³-hybridized carbons (Fsp3) is 0.118. The van der Waals surface area contributed by atoms with Crippen LogP contribution in [0.4, 0.5) is 0 Å². The summed E-state index contributed by atoms with van der Waals surface area (Å²) in [6.07, 6.45) is 0. The minimum absolute atomic E-state index is 0.0685. The third-order valence-corrected chi connectivity index (χ3v) is 3.64. The average molecular weight is 308 g/mol. The molecule has 2 aromatic carbocycles. The summed E-state index contributed by atoms with van der Waals surface area (Å²) in [4.78, 5) is 21.3. The van der Waals surface area contributed by atoms with Crippen molar-refractivity contribution in [2.75, 3.05) is 7.11 Å². The zero-order valence-electron chi connectivity index (χ0n) is 12.6. The number of carbonyl (C=O) groups excluding carboxylic acids is 1. The van der Waals surface area contributed by atoms with E-state index < -0.39 is 5.54 Å². The van der Waals surface area contributed by atoms with Gasteiger partial charge in [0.15, 0.2) is 5.54 Å². The van der Waals surface area contributed by atoms with Crippen LogP contribution in [0.1, 0.15) is 11.1 Å². The maximum Gasteiger partial charge on any atom is 0.289 e. The molecule has 3 N–H and O–H groups in total. The van der Waals surface area contributed by atoms with Crippen molar-refractivity contribution in [1.82, 2.24) is 5.32 Å². The Kier molecular flexibility index (Phi) is 3.80. The van der Waals surface area contributed by atoms with Crippen LogP contribution in [0.15, 0.2) is 70.6 Å². The van der Waals surface area contributed by atoms with Gasteiger partial charge < -0.3 is 10.5 Å². The van der Waals surface area contributed by atoms with Gasteiger partial charge in [0, 0.05) is 0 Å². The topological polar surface area (TPSA) is 89.1 Å². The number of amides is 1.